The summed E-state index contributed by atoms with van der Waals surface area (Å²) in [5.41, 5.74) is 4.79. The van der Waals surface area contributed by atoms with E-state index in [2.05, 4.69) is 22.3 Å². The fourth-order valence-electron chi connectivity index (χ4n) is 4.93. The standard InChI is InChI=1S/C25H24N6O/c1-29-21-12-15-30(24(32)25(13-14-25)18-8-4-2-5-9-18)16-20(21)22(28-29)23-27-26-17-31(23)19-10-6-3-7-11-19/h2-11,17H,12-16H2,1H3. The van der Waals surface area contributed by atoms with Gasteiger partial charge in [-0.1, -0.05) is 48.5 Å². The van der Waals surface area contributed by atoms with Crippen LogP contribution in [0.5, 0.6) is 0 Å². The number of rotatable bonds is 4. The minimum atomic E-state index is -0.356. The number of fused-ring (bicyclic) bond motifs is 1. The summed E-state index contributed by atoms with van der Waals surface area (Å²) in [6.07, 6.45) is 4.34. The summed E-state index contributed by atoms with van der Waals surface area (Å²) in [6, 6.07) is 20.2. The van der Waals surface area contributed by atoms with E-state index in [-0.39, 0.29) is 11.3 Å². The monoisotopic (exact) mass is 424 g/mol. The molecule has 7 heteroatoms. The van der Waals surface area contributed by atoms with Gasteiger partial charge in [0.1, 0.15) is 12.0 Å². The summed E-state index contributed by atoms with van der Waals surface area (Å²) in [5, 5.41) is 13.4. The first-order valence-electron chi connectivity index (χ1n) is 11.0. The van der Waals surface area contributed by atoms with Crippen LogP contribution in [0.1, 0.15) is 29.7 Å². The quantitative estimate of drug-likeness (QED) is 0.504. The van der Waals surface area contributed by atoms with Crippen LogP contribution in [0.4, 0.5) is 0 Å². The second kappa shape index (κ2) is 7.15. The summed E-state index contributed by atoms with van der Waals surface area (Å²) in [6.45, 7) is 1.26. The molecule has 1 amide bonds. The lowest BCUT2D eigenvalue weighted by molar-refractivity contribution is -0.134. The van der Waals surface area contributed by atoms with Crippen LogP contribution in [0.25, 0.3) is 17.2 Å². The van der Waals surface area contributed by atoms with Gasteiger partial charge < -0.3 is 4.90 Å². The van der Waals surface area contributed by atoms with Crippen LogP contribution in [0, 0.1) is 0 Å². The smallest absolute Gasteiger partial charge is 0.233 e. The van der Waals surface area contributed by atoms with Crippen molar-refractivity contribution in [1.82, 2.24) is 29.4 Å². The van der Waals surface area contributed by atoms with Crippen molar-refractivity contribution in [2.45, 2.75) is 31.2 Å². The van der Waals surface area contributed by atoms with Gasteiger partial charge in [0.2, 0.25) is 5.91 Å². The average molecular weight is 425 g/mol. The maximum absolute atomic E-state index is 13.7. The fraction of sp³-hybridized carbons (Fsp3) is 0.280. The van der Waals surface area contributed by atoms with Crippen LogP contribution < -0.4 is 0 Å². The maximum Gasteiger partial charge on any atom is 0.233 e. The van der Waals surface area contributed by atoms with E-state index in [1.165, 1.54) is 0 Å². The summed E-state index contributed by atoms with van der Waals surface area (Å²) < 4.78 is 3.89. The first-order valence-corrected chi connectivity index (χ1v) is 11.0. The minimum absolute atomic E-state index is 0.230. The van der Waals surface area contributed by atoms with Crippen LogP contribution in [-0.2, 0) is 30.2 Å². The number of nitrogens with zero attached hydrogens (tertiary/aromatic N) is 6. The molecule has 7 nitrogen and oxygen atoms in total. The van der Waals surface area contributed by atoms with Crippen molar-refractivity contribution < 1.29 is 4.79 Å². The van der Waals surface area contributed by atoms with Gasteiger partial charge in [-0.3, -0.25) is 14.0 Å². The van der Waals surface area contributed by atoms with Crippen molar-refractivity contribution in [3.8, 4) is 17.2 Å². The van der Waals surface area contributed by atoms with Gasteiger partial charge in [-0.05, 0) is 30.5 Å². The van der Waals surface area contributed by atoms with Gasteiger partial charge >= 0.3 is 0 Å². The van der Waals surface area contributed by atoms with Crippen LogP contribution in [0.3, 0.4) is 0 Å². The Balaban J connectivity index is 1.36. The van der Waals surface area contributed by atoms with Crippen molar-refractivity contribution in [3.05, 3.63) is 83.8 Å². The molecule has 0 atom stereocenters. The van der Waals surface area contributed by atoms with Crippen molar-refractivity contribution in [2.75, 3.05) is 6.54 Å². The molecule has 0 unspecified atom stereocenters. The molecular weight excluding hydrogens is 400 g/mol. The molecule has 1 aliphatic carbocycles. The number of para-hydroxylation sites is 1. The second-order valence-electron chi connectivity index (χ2n) is 8.68. The van der Waals surface area contributed by atoms with E-state index >= 15 is 0 Å². The highest BCUT2D eigenvalue weighted by atomic mass is 16.2. The molecule has 4 aromatic rings. The van der Waals surface area contributed by atoms with Gasteiger partial charge in [0, 0.05) is 43.5 Å². The number of aromatic nitrogens is 5. The van der Waals surface area contributed by atoms with E-state index in [1.54, 1.807) is 6.33 Å². The van der Waals surface area contributed by atoms with Gasteiger partial charge in [0.15, 0.2) is 5.82 Å². The van der Waals surface area contributed by atoms with E-state index in [0.717, 1.165) is 47.5 Å². The Morgan fingerprint density at radius 1 is 1.00 bits per heavy atom. The van der Waals surface area contributed by atoms with Gasteiger partial charge in [0.25, 0.3) is 0 Å². The summed E-state index contributed by atoms with van der Waals surface area (Å²) in [5.74, 6) is 0.931. The number of hydrogen-bond donors (Lipinski definition) is 0. The number of carbonyl (C=O) groups excluding carboxylic acids is 1. The van der Waals surface area contributed by atoms with Crippen LogP contribution >= 0.6 is 0 Å². The molecule has 2 aromatic heterocycles. The van der Waals surface area contributed by atoms with Gasteiger partial charge in [-0.2, -0.15) is 5.10 Å². The number of benzene rings is 2. The van der Waals surface area contributed by atoms with Crippen molar-refractivity contribution in [2.24, 2.45) is 7.05 Å². The van der Waals surface area contributed by atoms with Crippen molar-refractivity contribution in [3.63, 3.8) is 0 Å². The van der Waals surface area contributed by atoms with Crippen molar-refractivity contribution in [1.29, 1.82) is 0 Å². The maximum atomic E-state index is 13.7. The molecule has 2 aliphatic rings. The lowest BCUT2D eigenvalue weighted by Crippen LogP contribution is -2.42. The highest BCUT2D eigenvalue weighted by Crippen LogP contribution is 2.50. The minimum Gasteiger partial charge on any atom is -0.337 e. The highest BCUT2D eigenvalue weighted by Gasteiger charge is 2.53. The molecule has 2 aromatic carbocycles. The molecule has 0 saturated heterocycles. The molecule has 1 fully saturated rings. The number of hydrogen-bond acceptors (Lipinski definition) is 4. The van der Waals surface area contributed by atoms with Crippen LogP contribution in [0.2, 0.25) is 0 Å². The zero-order chi connectivity index (χ0) is 21.7. The Hall–Kier alpha value is -3.74. The summed E-state index contributed by atoms with van der Waals surface area (Å²) in [7, 11) is 1.97. The molecule has 0 spiro atoms. The number of amides is 1. The highest BCUT2D eigenvalue weighted by molar-refractivity contribution is 5.91. The van der Waals surface area contributed by atoms with Crippen LogP contribution in [0.15, 0.2) is 67.0 Å². The molecule has 1 aliphatic heterocycles. The number of aryl methyl sites for hydroxylation is 1. The average Bonchev–Trinajstić information content (AvgIpc) is 3.40. The first-order chi connectivity index (χ1) is 15.7. The third kappa shape index (κ3) is 2.88. The Labute approximate surface area is 186 Å². The second-order valence-corrected chi connectivity index (χ2v) is 8.68. The molecular formula is C25H24N6O. The molecule has 0 radical (unpaired) electrons. The topological polar surface area (TPSA) is 68.8 Å². The van der Waals surface area contributed by atoms with E-state index in [9.17, 15) is 4.79 Å². The molecule has 0 bridgehead atoms. The lowest BCUT2D eigenvalue weighted by atomic mass is 9.93. The summed E-state index contributed by atoms with van der Waals surface area (Å²) >= 11 is 0. The SMILES string of the molecule is Cn1nc(-c2nncn2-c2ccccc2)c2c1CCN(C(=O)C1(c3ccccc3)CC1)C2. The largest absolute Gasteiger partial charge is 0.337 e. The molecule has 32 heavy (non-hydrogen) atoms. The summed E-state index contributed by atoms with van der Waals surface area (Å²) in [4.78, 5) is 15.7. The first kappa shape index (κ1) is 19.0. The molecule has 160 valence electrons. The zero-order valence-corrected chi connectivity index (χ0v) is 18.0. The Kier molecular flexibility index (Phi) is 4.24. The van der Waals surface area contributed by atoms with E-state index in [0.29, 0.717) is 18.9 Å². The normalized spacial score (nSPS) is 16.6. The number of carbonyl (C=O) groups is 1. The molecule has 1 saturated carbocycles. The molecule has 0 N–H and O–H groups in total. The molecule has 6 rings (SSSR count). The Morgan fingerprint density at radius 2 is 1.72 bits per heavy atom. The predicted molar refractivity (Wildman–Crippen MR) is 120 cm³/mol. The van der Waals surface area contributed by atoms with Crippen LogP contribution in [-0.4, -0.2) is 41.9 Å². The third-order valence-electron chi connectivity index (χ3n) is 6.81. The molecule has 3 heterocycles. The predicted octanol–water partition coefficient (Wildman–Crippen LogP) is 3.28. The van der Waals surface area contributed by atoms with Gasteiger partial charge in [-0.25, -0.2) is 0 Å². The van der Waals surface area contributed by atoms with Crippen molar-refractivity contribution >= 4 is 5.91 Å². The fourth-order valence-corrected chi connectivity index (χ4v) is 4.93. The zero-order valence-electron chi connectivity index (χ0n) is 18.0. The Morgan fingerprint density at radius 3 is 2.44 bits per heavy atom. The third-order valence-corrected chi connectivity index (χ3v) is 6.81. The van der Waals surface area contributed by atoms with E-state index in [4.69, 9.17) is 5.10 Å². The lowest BCUT2D eigenvalue weighted by Gasteiger charge is -2.31. The van der Waals surface area contributed by atoms with Gasteiger partial charge in [0.05, 0.1) is 5.41 Å². The van der Waals surface area contributed by atoms with E-state index in [1.807, 2.05) is 69.7 Å². The van der Waals surface area contributed by atoms with Gasteiger partial charge in [-0.15, -0.1) is 10.2 Å². The Bertz CT molecular complexity index is 1290. The van der Waals surface area contributed by atoms with E-state index < -0.39 is 0 Å².